The molecule has 11 heteroatoms. The molecule has 216 valence electrons. The molecule has 4 rings (SSSR count). The highest BCUT2D eigenvalue weighted by Gasteiger charge is 2.30. The first-order chi connectivity index (χ1) is 18.9. The Morgan fingerprint density at radius 3 is 2.42 bits per heavy atom. The van der Waals surface area contributed by atoms with E-state index >= 15 is 0 Å². The topological polar surface area (TPSA) is 75.6 Å². The van der Waals surface area contributed by atoms with Crippen molar-refractivity contribution in [2.24, 2.45) is 0 Å². The highest BCUT2D eigenvalue weighted by molar-refractivity contribution is 7.90. The van der Waals surface area contributed by atoms with Gasteiger partial charge in [-0.1, -0.05) is 12.0 Å². The number of benzene rings is 2. The summed E-state index contributed by atoms with van der Waals surface area (Å²) in [5, 5.41) is 7.15. The lowest BCUT2D eigenvalue weighted by Crippen LogP contribution is -2.36. The molecule has 0 saturated heterocycles. The number of alkyl halides is 3. The van der Waals surface area contributed by atoms with Crippen LogP contribution in [-0.4, -0.2) is 70.2 Å². The van der Waals surface area contributed by atoms with Crippen molar-refractivity contribution in [1.29, 1.82) is 0 Å². The highest BCUT2D eigenvalue weighted by Crippen LogP contribution is 2.33. The van der Waals surface area contributed by atoms with Crippen LogP contribution in [0.2, 0.25) is 0 Å². The van der Waals surface area contributed by atoms with Crippen LogP contribution in [0.3, 0.4) is 0 Å². The molecule has 2 aromatic carbocycles. The van der Waals surface area contributed by atoms with Gasteiger partial charge in [-0.2, -0.15) is 13.2 Å². The van der Waals surface area contributed by atoms with Gasteiger partial charge in [-0.05, 0) is 82.1 Å². The van der Waals surface area contributed by atoms with Gasteiger partial charge in [-0.15, -0.1) is 0 Å². The standard InChI is InChI=1S/C29H35F3N4O3S/c1-33-26-18-23(40(4,37)38)14-15-28(26)39-16-6-7-22-17-24-25(34-20-10-12-21(13-11-20)35(2)3)8-5-9-27(24)36(22)19-29(30,31)32/h5,8-9,14-15,17-18,20-21,33-34H,10-13,16,19H2,1-4H3. The van der Waals surface area contributed by atoms with E-state index in [9.17, 15) is 21.6 Å². The minimum atomic E-state index is -4.42. The van der Waals surface area contributed by atoms with E-state index in [-0.39, 0.29) is 23.2 Å². The van der Waals surface area contributed by atoms with E-state index in [2.05, 4.69) is 41.5 Å². The van der Waals surface area contributed by atoms with E-state index in [1.807, 2.05) is 6.07 Å². The Hall–Kier alpha value is -3.36. The second kappa shape index (κ2) is 12.0. The molecule has 1 aromatic heterocycles. The van der Waals surface area contributed by atoms with Crippen molar-refractivity contribution in [3.63, 3.8) is 0 Å². The summed E-state index contributed by atoms with van der Waals surface area (Å²) in [6.45, 7) is -1.25. The average Bonchev–Trinajstić information content (AvgIpc) is 3.23. The van der Waals surface area contributed by atoms with Crippen molar-refractivity contribution in [2.75, 3.05) is 44.6 Å². The molecule has 0 bridgehead atoms. The molecule has 0 amide bonds. The van der Waals surface area contributed by atoms with E-state index in [0.717, 1.165) is 37.6 Å². The van der Waals surface area contributed by atoms with Crippen LogP contribution in [0.15, 0.2) is 47.4 Å². The predicted octanol–water partition coefficient (Wildman–Crippen LogP) is 5.36. The molecule has 7 nitrogen and oxygen atoms in total. The number of halogens is 3. The Balaban J connectivity index is 1.57. The molecule has 0 spiro atoms. The minimum absolute atomic E-state index is 0.0966. The number of fused-ring (bicyclic) bond motifs is 1. The first-order valence-corrected chi connectivity index (χ1v) is 15.0. The molecule has 3 aromatic rings. The molecule has 0 radical (unpaired) electrons. The van der Waals surface area contributed by atoms with Gasteiger partial charge < -0.3 is 24.8 Å². The number of anilines is 2. The Morgan fingerprint density at radius 2 is 1.80 bits per heavy atom. The molecule has 1 saturated carbocycles. The van der Waals surface area contributed by atoms with Crippen molar-refractivity contribution >= 4 is 32.1 Å². The van der Waals surface area contributed by atoms with E-state index in [0.29, 0.717) is 28.4 Å². The van der Waals surface area contributed by atoms with Gasteiger partial charge in [-0.3, -0.25) is 0 Å². The van der Waals surface area contributed by atoms with E-state index in [4.69, 9.17) is 4.74 Å². The molecular weight excluding hydrogens is 541 g/mol. The van der Waals surface area contributed by atoms with E-state index in [1.165, 1.54) is 22.8 Å². The quantitative estimate of drug-likeness (QED) is 0.352. The SMILES string of the molecule is CNc1cc(S(C)(=O)=O)ccc1OCC#Cc1cc2c(NC3CCC(N(C)C)CC3)cccc2n1CC(F)(F)F. The number of hydrogen-bond acceptors (Lipinski definition) is 6. The van der Waals surface area contributed by atoms with Gasteiger partial charge in [0.05, 0.1) is 21.8 Å². The zero-order valence-electron chi connectivity index (χ0n) is 23.1. The molecule has 1 fully saturated rings. The zero-order chi connectivity index (χ0) is 29.1. The zero-order valence-corrected chi connectivity index (χ0v) is 23.9. The van der Waals surface area contributed by atoms with Crippen LogP contribution in [0.1, 0.15) is 31.4 Å². The summed E-state index contributed by atoms with van der Waals surface area (Å²) in [4.78, 5) is 2.38. The molecule has 0 aliphatic heterocycles. The number of sulfone groups is 1. The Morgan fingerprint density at radius 1 is 1.07 bits per heavy atom. The number of ether oxygens (including phenoxy) is 1. The third-order valence-corrected chi connectivity index (χ3v) is 8.34. The number of hydrogen-bond donors (Lipinski definition) is 2. The fraction of sp³-hybridized carbons (Fsp3) is 0.448. The fourth-order valence-corrected chi connectivity index (χ4v) is 5.77. The normalized spacial score (nSPS) is 17.9. The third-order valence-electron chi connectivity index (χ3n) is 7.23. The summed E-state index contributed by atoms with van der Waals surface area (Å²) in [6.07, 6.45) is 0.816. The van der Waals surface area contributed by atoms with E-state index in [1.54, 1.807) is 25.2 Å². The lowest BCUT2D eigenvalue weighted by atomic mass is 9.90. The maximum absolute atomic E-state index is 13.5. The number of rotatable bonds is 8. The lowest BCUT2D eigenvalue weighted by molar-refractivity contribution is -0.140. The molecule has 0 unspecified atom stereocenters. The summed E-state index contributed by atoms with van der Waals surface area (Å²) >= 11 is 0. The maximum Gasteiger partial charge on any atom is 0.406 e. The monoisotopic (exact) mass is 576 g/mol. The third kappa shape index (κ3) is 7.23. The van der Waals surface area contributed by atoms with Gasteiger partial charge in [0, 0.05) is 36.5 Å². The Labute approximate surface area is 233 Å². The second-order valence-corrected chi connectivity index (χ2v) is 12.4. The molecule has 0 atom stereocenters. The first-order valence-electron chi connectivity index (χ1n) is 13.1. The fourth-order valence-electron chi connectivity index (χ4n) is 5.12. The van der Waals surface area contributed by atoms with Gasteiger partial charge in [0.25, 0.3) is 0 Å². The first kappa shape index (κ1) is 29.6. The maximum atomic E-state index is 13.5. The summed E-state index contributed by atoms with van der Waals surface area (Å²) in [6, 6.07) is 12.3. The van der Waals surface area contributed by atoms with E-state index < -0.39 is 22.6 Å². The van der Waals surface area contributed by atoms with Crippen LogP contribution in [0, 0.1) is 11.8 Å². The summed E-state index contributed by atoms with van der Waals surface area (Å²) < 4.78 is 71.2. The van der Waals surface area contributed by atoms with Crippen LogP contribution in [0.5, 0.6) is 5.75 Å². The summed E-state index contributed by atoms with van der Waals surface area (Å²) in [5.74, 6) is 6.06. The lowest BCUT2D eigenvalue weighted by Gasteiger charge is -2.33. The summed E-state index contributed by atoms with van der Waals surface area (Å²) in [7, 11) is 2.42. The number of aromatic nitrogens is 1. The van der Waals surface area contributed by atoms with Gasteiger partial charge >= 0.3 is 6.18 Å². The van der Waals surface area contributed by atoms with Crippen LogP contribution in [-0.2, 0) is 16.4 Å². The molecular formula is C29H35F3N4O3S. The molecule has 1 heterocycles. The van der Waals surface area contributed by atoms with Gasteiger partial charge in [0.15, 0.2) is 9.84 Å². The number of nitrogens with zero attached hydrogens (tertiary/aromatic N) is 2. The van der Waals surface area contributed by atoms with Crippen LogP contribution < -0.4 is 15.4 Å². The molecule has 1 aliphatic carbocycles. The number of nitrogens with one attached hydrogen (secondary N) is 2. The van der Waals surface area contributed by atoms with Crippen molar-refractivity contribution < 1.29 is 26.3 Å². The molecule has 2 N–H and O–H groups in total. The van der Waals surface area contributed by atoms with Gasteiger partial charge in [-0.25, -0.2) is 8.42 Å². The smallest absolute Gasteiger partial charge is 0.406 e. The van der Waals surface area contributed by atoms with Crippen molar-refractivity contribution in [2.45, 2.75) is 55.4 Å². The highest BCUT2D eigenvalue weighted by atomic mass is 32.2. The van der Waals surface area contributed by atoms with Crippen molar-refractivity contribution in [3.05, 3.63) is 48.2 Å². The van der Waals surface area contributed by atoms with Crippen LogP contribution in [0.25, 0.3) is 10.9 Å². The predicted molar refractivity (Wildman–Crippen MR) is 153 cm³/mol. The van der Waals surface area contributed by atoms with Gasteiger partial charge in [0.2, 0.25) is 0 Å². The van der Waals surface area contributed by atoms with Crippen molar-refractivity contribution in [3.8, 4) is 17.6 Å². The average molecular weight is 577 g/mol. The Kier molecular flexibility index (Phi) is 8.90. The Bertz CT molecular complexity index is 1510. The van der Waals surface area contributed by atoms with Crippen molar-refractivity contribution in [1.82, 2.24) is 9.47 Å². The minimum Gasteiger partial charge on any atom is -0.479 e. The second-order valence-electron chi connectivity index (χ2n) is 10.4. The van der Waals surface area contributed by atoms with Crippen LogP contribution >= 0.6 is 0 Å². The molecule has 1 aliphatic rings. The molecule has 40 heavy (non-hydrogen) atoms. The van der Waals surface area contributed by atoms with Crippen LogP contribution in [0.4, 0.5) is 24.5 Å². The largest absolute Gasteiger partial charge is 0.479 e. The summed E-state index contributed by atoms with van der Waals surface area (Å²) in [5.41, 5.74) is 1.97. The van der Waals surface area contributed by atoms with Gasteiger partial charge in [0.1, 0.15) is 18.9 Å².